The summed E-state index contributed by atoms with van der Waals surface area (Å²) >= 11 is 0. The van der Waals surface area contributed by atoms with Gasteiger partial charge in [0.1, 0.15) is 11.4 Å². The number of alkyl halides is 3. The van der Waals surface area contributed by atoms with Gasteiger partial charge < -0.3 is 20.8 Å². The third kappa shape index (κ3) is 5.60. The first-order valence-electron chi connectivity index (χ1n) is 10.3. The lowest BCUT2D eigenvalue weighted by Crippen LogP contribution is -2.20. The van der Waals surface area contributed by atoms with Gasteiger partial charge in [0, 0.05) is 23.8 Å². The van der Waals surface area contributed by atoms with E-state index in [1.807, 2.05) is 24.3 Å². The SMILES string of the molecule is NCCCNCc1ccc(-n2cc3cc(-c4ccc(OC(F)(F)F)cc4)[nH]c3nc2=O)cc1. The van der Waals surface area contributed by atoms with Gasteiger partial charge in [0.2, 0.25) is 0 Å². The fourth-order valence-electron chi connectivity index (χ4n) is 3.41. The highest BCUT2D eigenvalue weighted by atomic mass is 19.4. The van der Waals surface area contributed by atoms with Gasteiger partial charge in [0.15, 0.2) is 0 Å². The molecule has 0 aliphatic rings. The summed E-state index contributed by atoms with van der Waals surface area (Å²) in [7, 11) is 0. The van der Waals surface area contributed by atoms with Gasteiger partial charge in [-0.2, -0.15) is 4.98 Å². The maximum Gasteiger partial charge on any atom is 0.573 e. The Kier molecular flexibility index (Phi) is 6.47. The number of ether oxygens (including phenoxy) is 1. The van der Waals surface area contributed by atoms with Crippen LogP contribution in [0.5, 0.6) is 5.75 Å². The molecule has 0 bridgehead atoms. The molecule has 4 rings (SSSR count). The second-order valence-corrected chi connectivity index (χ2v) is 7.44. The van der Waals surface area contributed by atoms with E-state index in [9.17, 15) is 18.0 Å². The van der Waals surface area contributed by atoms with E-state index in [2.05, 4.69) is 20.0 Å². The molecule has 0 aliphatic heterocycles. The van der Waals surface area contributed by atoms with Crippen LogP contribution in [0.25, 0.3) is 28.0 Å². The predicted molar refractivity (Wildman–Crippen MR) is 119 cm³/mol. The summed E-state index contributed by atoms with van der Waals surface area (Å²) in [5.74, 6) is -0.307. The summed E-state index contributed by atoms with van der Waals surface area (Å²) < 4.78 is 42.4. The molecule has 0 fully saturated rings. The number of hydrogen-bond acceptors (Lipinski definition) is 5. The lowest BCUT2D eigenvalue weighted by molar-refractivity contribution is -0.274. The number of nitrogens with two attached hydrogens (primary N) is 1. The van der Waals surface area contributed by atoms with Crippen LogP contribution in [0.4, 0.5) is 13.2 Å². The Morgan fingerprint density at radius 3 is 2.48 bits per heavy atom. The standard InChI is InChI=1S/C23H22F3N5O2/c24-23(25,26)33-19-8-4-16(5-9-19)20-12-17-14-31(22(32)30-21(17)29-20)18-6-2-15(3-7-18)13-28-11-1-10-27/h2-9,12,14,28H,1,10-11,13,27H2,(H,29,30,32). The number of aromatic nitrogens is 3. The number of nitrogens with one attached hydrogen (secondary N) is 2. The molecule has 0 spiro atoms. The smallest absolute Gasteiger partial charge is 0.406 e. The highest BCUT2D eigenvalue weighted by Crippen LogP contribution is 2.27. The van der Waals surface area contributed by atoms with Gasteiger partial charge in [0.25, 0.3) is 0 Å². The number of aromatic amines is 1. The summed E-state index contributed by atoms with van der Waals surface area (Å²) in [4.78, 5) is 19.7. The Hall–Kier alpha value is -3.63. The molecular weight excluding hydrogens is 435 g/mol. The fourth-order valence-corrected chi connectivity index (χ4v) is 3.41. The highest BCUT2D eigenvalue weighted by Gasteiger charge is 2.31. The van der Waals surface area contributed by atoms with Gasteiger partial charge in [-0.25, -0.2) is 4.79 Å². The van der Waals surface area contributed by atoms with E-state index in [4.69, 9.17) is 5.73 Å². The number of benzene rings is 2. The molecule has 0 amide bonds. The molecule has 2 heterocycles. The Bertz CT molecular complexity index is 1280. The Labute approximate surface area is 187 Å². The number of nitrogens with zero attached hydrogens (tertiary/aromatic N) is 2. The quantitative estimate of drug-likeness (QED) is 0.351. The number of fused-ring (bicyclic) bond motifs is 1. The molecule has 2 aromatic heterocycles. The van der Waals surface area contributed by atoms with Gasteiger partial charge in [0.05, 0.1) is 5.69 Å². The van der Waals surface area contributed by atoms with Crippen LogP contribution in [0.1, 0.15) is 12.0 Å². The second-order valence-electron chi connectivity index (χ2n) is 7.44. The minimum absolute atomic E-state index is 0.307. The minimum Gasteiger partial charge on any atom is -0.406 e. The van der Waals surface area contributed by atoms with Crippen molar-refractivity contribution in [2.45, 2.75) is 19.3 Å². The molecule has 33 heavy (non-hydrogen) atoms. The largest absolute Gasteiger partial charge is 0.573 e. The van der Waals surface area contributed by atoms with E-state index < -0.39 is 12.1 Å². The minimum atomic E-state index is -4.75. The molecule has 0 saturated carbocycles. The van der Waals surface area contributed by atoms with E-state index in [1.54, 1.807) is 12.3 Å². The molecule has 0 saturated heterocycles. The van der Waals surface area contributed by atoms with E-state index in [1.165, 1.54) is 28.8 Å². The number of H-pyrrole nitrogens is 1. The summed E-state index contributed by atoms with van der Waals surface area (Å²) in [5.41, 5.74) is 8.44. The Balaban J connectivity index is 1.55. The number of hydrogen-bond donors (Lipinski definition) is 3. The van der Waals surface area contributed by atoms with Crippen molar-refractivity contribution >= 4 is 11.0 Å². The lowest BCUT2D eigenvalue weighted by atomic mass is 10.1. The molecule has 7 nitrogen and oxygen atoms in total. The predicted octanol–water partition coefficient (Wildman–Crippen LogP) is 3.72. The van der Waals surface area contributed by atoms with Crippen molar-refractivity contribution in [3.8, 4) is 22.7 Å². The van der Waals surface area contributed by atoms with Crippen LogP contribution in [-0.4, -0.2) is 34.0 Å². The summed E-state index contributed by atoms with van der Waals surface area (Å²) in [6.07, 6.45) is -2.16. The van der Waals surface area contributed by atoms with Gasteiger partial charge in [-0.15, -0.1) is 13.2 Å². The van der Waals surface area contributed by atoms with E-state index >= 15 is 0 Å². The average molecular weight is 457 g/mol. The molecule has 0 atom stereocenters. The number of halogens is 3. The van der Waals surface area contributed by atoms with Crippen molar-refractivity contribution in [3.05, 3.63) is 76.8 Å². The maximum atomic E-state index is 12.6. The zero-order valence-electron chi connectivity index (χ0n) is 17.5. The van der Waals surface area contributed by atoms with Crippen molar-refractivity contribution in [2.75, 3.05) is 13.1 Å². The summed E-state index contributed by atoms with van der Waals surface area (Å²) in [6, 6.07) is 14.8. The van der Waals surface area contributed by atoms with Gasteiger partial charge in [-0.05, 0) is 73.1 Å². The van der Waals surface area contributed by atoms with Crippen LogP contribution in [0.15, 0.2) is 65.6 Å². The Morgan fingerprint density at radius 2 is 1.82 bits per heavy atom. The van der Waals surface area contributed by atoms with Crippen molar-refractivity contribution in [1.29, 1.82) is 0 Å². The highest BCUT2D eigenvalue weighted by molar-refractivity contribution is 5.82. The maximum absolute atomic E-state index is 12.6. The first kappa shape index (κ1) is 22.6. The van der Waals surface area contributed by atoms with Crippen LogP contribution in [0.2, 0.25) is 0 Å². The molecule has 0 radical (unpaired) electrons. The summed E-state index contributed by atoms with van der Waals surface area (Å²) in [5, 5.41) is 3.99. The fraction of sp³-hybridized carbons (Fsp3) is 0.217. The van der Waals surface area contributed by atoms with E-state index in [-0.39, 0.29) is 5.75 Å². The molecule has 0 aliphatic carbocycles. The molecule has 4 aromatic rings. The molecule has 4 N–H and O–H groups in total. The van der Waals surface area contributed by atoms with Crippen molar-refractivity contribution in [1.82, 2.24) is 19.9 Å². The normalized spacial score (nSPS) is 11.8. The van der Waals surface area contributed by atoms with Crippen molar-refractivity contribution in [3.63, 3.8) is 0 Å². The number of rotatable bonds is 8. The molecule has 0 unspecified atom stereocenters. The Morgan fingerprint density at radius 1 is 1.09 bits per heavy atom. The third-order valence-corrected chi connectivity index (χ3v) is 5.01. The molecule has 10 heteroatoms. The lowest BCUT2D eigenvalue weighted by Gasteiger charge is -2.08. The monoisotopic (exact) mass is 457 g/mol. The first-order valence-corrected chi connectivity index (χ1v) is 10.3. The second kappa shape index (κ2) is 9.47. The molecule has 2 aromatic carbocycles. The zero-order chi connectivity index (χ0) is 23.4. The first-order chi connectivity index (χ1) is 15.8. The molecule has 172 valence electrons. The molecular formula is C23H22F3N5O2. The summed E-state index contributed by atoms with van der Waals surface area (Å²) in [6.45, 7) is 2.19. The van der Waals surface area contributed by atoms with Gasteiger partial charge in [-0.3, -0.25) is 4.57 Å². The van der Waals surface area contributed by atoms with Crippen molar-refractivity contribution in [2.24, 2.45) is 5.73 Å². The average Bonchev–Trinajstić information content (AvgIpc) is 3.19. The third-order valence-electron chi connectivity index (χ3n) is 5.01. The van der Waals surface area contributed by atoms with Crippen LogP contribution in [0, 0.1) is 0 Å². The van der Waals surface area contributed by atoms with Crippen molar-refractivity contribution < 1.29 is 17.9 Å². The topological polar surface area (TPSA) is 98.0 Å². The van der Waals surface area contributed by atoms with Crippen LogP contribution in [-0.2, 0) is 6.54 Å². The van der Waals surface area contributed by atoms with E-state index in [0.29, 0.717) is 41.1 Å². The van der Waals surface area contributed by atoms with E-state index in [0.717, 1.165) is 18.5 Å². The van der Waals surface area contributed by atoms with Crippen LogP contribution in [0.3, 0.4) is 0 Å². The van der Waals surface area contributed by atoms with Gasteiger partial charge in [-0.1, -0.05) is 12.1 Å². The van der Waals surface area contributed by atoms with Crippen LogP contribution < -0.4 is 21.5 Å². The zero-order valence-corrected chi connectivity index (χ0v) is 17.5. The van der Waals surface area contributed by atoms with Crippen LogP contribution >= 0.6 is 0 Å². The van der Waals surface area contributed by atoms with Gasteiger partial charge >= 0.3 is 12.1 Å².